The molecule has 0 spiro atoms. The van der Waals surface area contributed by atoms with E-state index < -0.39 is 5.91 Å². The molecule has 3 rings (SSSR count). The van der Waals surface area contributed by atoms with Crippen LogP contribution in [0.5, 0.6) is 0 Å². The van der Waals surface area contributed by atoms with Crippen molar-refractivity contribution in [2.75, 3.05) is 20.2 Å². The van der Waals surface area contributed by atoms with Crippen LogP contribution in [0.3, 0.4) is 0 Å². The van der Waals surface area contributed by atoms with E-state index in [1.807, 2.05) is 24.3 Å². The third kappa shape index (κ3) is 3.91. The minimum Gasteiger partial charge on any atom is -0.367 e. The standard InChI is InChI=1S/C20H22N2O2/c1-22-11-12-24-20(16-5-3-2-4-6-16)18-13-15(8-10-19(21)23)7-9-17(18)14-22/h2-10,13,20H,11-12,14H2,1H3,(H2,21,23). The number of ether oxygens (including phenoxy) is 1. The van der Waals surface area contributed by atoms with Crippen molar-refractivity contribution in [2.45, 2.75) is 12.6 Å². The molecule has 0 fully saturated rings. The number of amides is 1. The quantitative estimate of drug-likeness (QED) is 0.884. The van der Waals surface area contributed by atoms with Crippen LogP contribution in [0.2, 0.25) is 0 Å². The molecule has 1 aliphatic rings. The Bertz CT molecular complexity index is 741. The lowest BCUT2D eigenvalue weighted by Gasteiger charge is -2.28. The summed E-state index contributed by atoms with van der Waals surface area (Å²) in [7, 11) is 2.09. The molecule has 1 unspecified atom stereocenters. The highest BCUT2D eigenvalue weighted by Gasteiger charge is 2.21. The molecule has 4 nitrogen and oxygen atoms in total. The number of benzene rings is 2. The summed E-state index contributed by atoms with van der Waals surface area (Å²) in [5, 5.41) is 0. The Morgan fingerprint density at radius 3 is 2.79 bits per heavy atom. The van der Waals surface area contributed by atoms with E-state index in [1.54, 1.807) is 6.08 Å². The number of hydrogen-bond acceptors (Lipinski definition) is 3. The van der Waals surface area contributed by atoms with Crippen molar-refractivity contribution in [1.82, 2.24) is 4.90 Å². The normalized spacial score (nSPS) is 18.8. The fourth-order valence-electron chi connectivity index (χ4n) is 2.97. The van der Waals surface area contributed by atoms with Crippen LogP contribution in [0, 0.1) is 0 Å². The van der Waals surface area contributed by atoms with Gasteiger partial charge in [-0.15, -0.1) is 0 Å². The maximum Gasteiger partial charge on any atom is 0.241 e. The van der Waals surface area contributed by atoms with Crippen molar-refractivity contribution in [1.29, 1.82) is 0 Å². The van der Waals surface area contributed by atoms with Gasteiger partial charge in [0.15, 0.2) is 0 Å². The lowest BCUT2D eigenvalue weighted by molar-refractivity contribution is -0.113. The summed E-state index contributed by atoms with van der Waals surface area (Å²) < 4.78 is 6.19. The molecular formula is C20H22N2O2. The number of nitrogens with zero attached hydrogens (tertiary/aromatic N) is 1. The Morgan fingerprint density at radius 1 is 1.25 bits per heavy atom. The van der Waals surface area contributed by atoms with Crippen LogP contribution in [-0.4, -0.2) is 31.0 Å². The molecule has 0 radical (unpaired) electrons. The zero-order valence-corrected chi connectivity index (χ0v) is 13.8. The highest BCUT2D eigenvalue weighted by molar-refractivity contribution is 5.90. The molecule has 24 heavy (non-hydrogen) atoms. The second-order valence-corrected chi connectivity index (χ2v) is 6.09. The Labute approximate surface area is 142 Å². The molecule has 0 saturated heterocycles. The van der Waals surface area contributed by atoms with Gasteiger partial charge in [-0.3, -0.25) is 9.69 Å². The van der Waals surface area contributed by atoms with E-state index in [9.17, 15) is 4.79 Å². The average molecular weight is 322 g/mol. The van der Waals surface area contributed by atoms with Crippen LogP contribution >= 0.6 is 0 Å². The van der Waals surface area contributed by atoms with E-state index in [1.165, 1.54) is 11.6 Å². The number of carbonyl (C=O) groups is 1. The molecule has 1 aliphatic heterocycles. The van der Waals surface area contributed by atoms with Gasteiger partial charge in [-0.05, 0) is 41.4 Å². The maximum absolute atomic E-state index is 11.0. The summed E-state index contributed by atoms with van der Waals surface area (Å²) in [5.41, 5.74) is 9.66. The van der Waals surface area contributed by atoms with Crippen molar-refractivity contribution in [3.05, 3.63) is 76.9 Å². The molecule has 1 amide bonds. The first-order chi connectivity index (χ1) is 11.6. The first-order valence-electron chi connectivity index (χ1n) is 8.09. The van der Waals surface area contributed by atoms with Crippen LogP contribution in [0.25, 0.3) is 6.08 Å². The van der Waals surface area contributed by atoms with Crippen molar-refractivity contribution < 1.29 is 9.53 Å². The van der Waals surface area contributed by atoms with Crippen LogP contribution in [0.15, 0.2) is 54.6 Å². The SMILES string of the molecule is CN1CCOC(c2ccccc2)c2cc(C=CC(N)=O)ccc2C1. The van der Waals surface area contributed by atoms with Crippen LogP contribution in [-0.2, 0) is 16.1 Å². The number of rotatable bonds is 3. The highest BCUT2D eigenvalue weighted by Crippen LogP contribution is 2.31. The Kier molecular flexibility index (Phi) is 5.08. The van der Waals surface area contributed by atoms with E-state index in [2.05, 4.69) is 36.2 Å². The molecule has 0 aromatic heterocycles. The lowest BCUT2D eigenvalue weighted by atomic mass is 9.93. The van der Waals surface area contributed by atoms with Crippen LogP contribution in [0.1, 0.15) is 28.4 Å². The summed E-state index contributed by atoms with van der Waals surface area (Å²) in [5.74, 6) is -0.447. The summed E-state index contributed by atoms with van der Waals surface area (Å²) in [4.78, 5) is 13.2. The molecule has 0 bridgehead atoms. The molecular weight excluding hydrogens is 300 g/mol. The van der Waals surface area contributed by atoms with Gasteiger partial charge in [-0.25, -0.2) is 0 Å². The molecule has 0 saturated carbocycles. The zero-order valence-electron chi connectivity index (χ0n) is 13.8. The fourth-order valence-corrected chi connectivity index (χ4v) is 2.97. The van der Waals surface area contributed by atoms with Gasteiger partial charge in [0.05, 0.1) is 6.61 Å². The van der Waals surface area contributed by atoms with Crippen molar-refractivity contribution in [3.63, 3.8) is 0 Å². The second kappa shape index (κ2) is 7.43. The van der Waals surface area contributed by atoms with E-state index in [0.29, 0.717) is 6.61 Å². The Morgan fingerprint density at radius 2 is 2.04 bits per heavy atom. The zero-order chi connectivity index (χ0) is 16.9. The number of nitrogens with two attached hydrogens (primary N) is 1. The third-order valence-corrected chi connectivity index (χ3v) is 4.19. The molecule has 2 N–H and O–H groups in total. The van der Waals surface area contributed by atoms with E-state index in [-0.39, 0.29) is 6.10 Å². The molecule has 1 atom stereocenters. The highest BCUT2D eigenvalue weighted by atomic mass is 16.5. The smallest absolute Gasteiger partial charge is 0.241 e. The summed E-state index contributed by atoms with van der Waals surface area (Å²) in [6.07, 6.45) is 3.03. The maximum atomic E-state index is 11.0. The van der Waals surface area contributed by atoms with Gasteiger partial charge in [0.2, 0.25) is 5.91 Å². The fraction of sp³-hybridized carbons (Fsp3) is 0.250. The van der Waals surface area contributed by atoms with Crippen LogP contribution < -0.4 is 5.73 Å². The van der Waals surface area contributed by atoms with Crippen LogP contribution in [0.4, 0.5) is 0 Å². The van der Waals surface area contributed by atoms with E-state index >= 15 is 0 Å². The van der Waals surface area contributed by atoms with E-state index in [4.69, 9.17) is 10.5 Å². The van der Waals surface area contributed by atoms with Crippen molar-refractivity contribution in [2.24, 2.45) is 5.73 Å². The largest absolute Gasteiger partial charge is 0.367 e. The number of primary amides is 1. The molecule has 0 aliphatic carbocycles. The lowest BCUT2D eigenvalue weighted by Crippen LogP contribution is -2.27. The first kappa shape index (κ1) is 16.4. The van der Waals surface area contributed by atoms with Gasteiger partial charge in [0.25, 0.3) is 0 Å². The summed E-state index contributed by atoms with van der Waals surface area (Å²) in [6.45, 7) is 2.45. The van der Waals surface area contributed by atoms with Gasteiger partial charge in [-0.1, -0.05) is 42.5 Å². The van der Waals surface area contributed by atoms with Gasteiger partial charge in [0.1, 0.15) is 6.10 Å². The minimum atomic E-state index is -0.447. The summed E-state index contributed by atoms with van der Waals surface area (Å²) in [6, 6.07) is 16.4. The molecule has 2 aromatic carbocycles. The van der Waals surface area contributed by atoms with Gasteiger partial charge in [0, 0.05) is 19.2 Å². The molecule has 1 heterocycles. The van der Waals surface area contributed by atoms with Gasteiger partial charge < -0.3 is 10.5 Å². The Balaban J connectivity index is 2.05. The number of carbonyl (C=O) groups excluding carboxylic acids is 1. The predicted molar refractivity (Wildman–Crippen MR) is 95.2 cm³/mol. The van der Waals surface area contributed by atoms with Gasteiger partial charge >= 0.3 is 0 Å². The first-order valence-corrected chi connectivity index (χ1v) is 8.09. The number of fused-ring (bicyclic) bond motifs is 1. The average Bonchev–Trinajstić information content (AvgIpc) is 2.57. The molecule has 2 aromatic rings. The predicted octanol–water partition coefficient (Wildman–Crippen LogP) is 2.74. The third-order valence-electron chi connectivity index (χ3n) is 4.19. The molecule has 4 heteroatoms. The number of likely N-dealkylation sites (N-methyl/N-ethyl adjacent to an activating group) is 1. The van der Waals surface area contributed by atoms with Crippen molar-refractivity contribution >= 4 is 12.0 Å². The monoisotopic (exact) mass is 322 g/mol. The topological polar surface area (TPSA) is 55.6 Å². The molecule has 124 valence electrons. The number of hydrogen-bond donors (Lipinski definition) is 1. The second-order valence-electron chi connectivity index (χ2n) is 6.09. The minimum absolute atomic E-state index is 0.100. The summed E-state index contributed by atoms with van der Waals surface area (Å²) >= 11 is 0. The van der Waals surface area contributed by atoms with Gasteiger partial charge in [-0.2, -0.15) is 0 Å². The Hall–Kier alpha value is -2.43. The van der Waals surface area contributed by atoms with Crippen molar-refractivity contribution in [3.8, 4) is 0 Å². The van der Waals surface area contributed by atoms with E-state index in [0.717, 1.165) is 29.8 Å².